The first-order valence-corrected chi connectivity index (χ1v) is 5.72. The number of hydrogen-bond donors (Lipinski definition) is 0. The van der Waals surface area contributed by atoms with Crippen LogP contribution in [0, 0.1) is 11.6 Å². The predicted molar refractivity (Wildman–Crippen MR) is 68.7 cm³/mol. The Bertz CT molecular complexity index is 618. The maximum atomic E-state index is 13.9. The van der Waals surface area contributed by atoms with Crippen LogP contribution in [0.2, 0.25) is 5.02 Å². The Morgan fingerprint density at radius 3 is 2.32 bits per heavy atom. The smallest absolute Gasteiger partial charge is 0.151 e. The number of carbonyl (C=O) groups is 1. The van der Waals surface area contributed by atoms with E-state index in [1.807, 2.05) is 0 Å². The second kappa shape index (κ2) is 5.36. The van der Waals surface area contributed by atoms with Crippen molar-refractivity contribution < 1.29 is 18.3 Å². The molecule has 0 amide bonds. The van der Waals surface area contributed by atoms with Gasteiger partial charge in [-0.1, -0.05) is 17.7 Å². The lowest BCUT2D eigenvalue weighted by Gasteiger charge is -2.09. The van der Waals surface area contributed by atoms with Gasteiger partial charge in [0.25, 0.3) is 0 Å². The highest BCUT2D eigenvalue weighted by Gasteiger charge is 2.15. The molecule has 0 radical (unpaired) electrons. The van der Waals surface area contributed by atoms with Crippen LogP contribution in [0.1, 0.15) is 10.4 Å². The van der Waals surface area contributed by atoms with Crippen LogP contribution in [-0.4, -0.2) is 13.4 Å². The quantitative estimate of drug-likeness (QED) is 0.792. The molecule has 0 N–H and O–H groups in total. The van der Waals surface area contributed by atoms with Crippen molar-refractivity contribution in [2.45, 2.75) is 0 Å². The molecule has 0 aliphatic carbocycles. The van der Waals surface area contributed by atoms with E-state index >= 15 is 0 Å². The average molecular weight is 283 g/mol. The fourth-order valence-electron chi connectivity index (χ4n) is 1.73. The summed E-state index contributed by atoms with van der Waals surface area (Å²) in [5.74, 6) is -1.45. The van der Waals surface area contributed by atoms with E-state index in [1.54, 1.807) is 0 Å². The van der Waals surface area contributed by atoms with Gasteiger partial charge in [0, 0.05) is 17.7 Å². The van der Waals surface area contributed by atoms with Crippen LogP contribution in [0.3, 0.4) is 0 Å². The Balaban J connectivity index is 2.62. The number of carbonyl (C=O) groups excluding carboxylic acids is 1. The molecule has 0 saturated heterocycles. The highest BCUT2D eigenvalue weighted by atomic mass is 35.5. The summed E-state index contributed by atoms with van der Waals surface area (Å²) in [6.07, 6.45) is 0.533. The minimum absolute atomic E-state index is 0.0864. The lowest BCUT2D eigenvalue weighted by molar-refractivity contribution is 0.112. The predicted octanol–water partition coefficient (Wildman–Crippen LogP) is 4.11. The van der Waals surface area contributed by atoms with Gasteiger partial charge < -0.3 is 4.74 Å². The molecular weight excluding hydrogens is 274 g/mol. The van der Waals surface area contributed by atoms with Crippen molar-refractivity contribution in [3.8, 4) is 16.9 Å². The molecule has 0 bridgehead atoms. The standard InChI is InChI=1S/C14H9ClF2O2/c1-19-10-5-12(16)14(13(17)6-10)8-2-3-11(15)9(4-8)7-18/h2-7H,1H3. The fourth-order valence-corrected chi connectivity index (χ4v) is 1.90. The third kappa shape index (κ3) is 2.58. The lowest BCUT2D eigenvalue weighted by atomic mass is 10.0. The topological polar surface area (TPSA) is 26.3 Å². The minimum Gasteiger partial charge on any atom is -0.497 e. The van der Waals surface area contributed by atoms with E-state index in [4.69, 9.17) is 16.3 Å². The number of ether oxygens (including phenoxy) is 1. The van der Waals surface area contributed by atoms with E-state index in [-0.39, 0.29) is 27.5 Å². The van der Waals surface area contributed by atoms with Gasteiger partial charge in [-0.2, -0.15) is 0 Å². The lowest BCUT2D eigenvalue weighted by Crippen LogP contribution is -1.94. The zero-order chi connectivity index (χ0) is 14.0. The number of aldehydes is 1. The Morgan fingerprint density at radius 1 is 1.16 bits per heavy atom. The molecule has 2 aromatic rings. The molecular formula is C14H9ClF2O2. The molecule has 2 aromatic carbocycles. The summed E-state index contributed by atoms with van der Waals surface area (Å²) in [6, 6.07) is 6.36. The van der Waals surface area contributed by atoms with Crippen molar-refractivity contribution in [1.29, 1.82) is 0 Å². The second-order valence-electron chi connectivity index (χ2n) is 3.82. The molecule has 98 valence electrons. The van der Waals surface area contributed by atoms with E-state index < -0.39 is 11.6 Å². The summed E-state index contributed by atoms with van der Waals surface area (Å²) in [7, 11) is 1.32. The first kappa shape index (κ1) is 13.5. The average Bonchev–Trinajstić information content (AvgIpc) is 2.39. The summed E-state index contributed by atoms with van der Waals surface area (Å²) in [6.45, 7) is 0. The van der Waals surface area contributed by atoms with Gasteiger partial charge in [-0.15, -0.1) is 0 Å². The highest BCUT2D eigenvalue weighted by molar-refractivity contribution is 6.33. The Hall–Kier alpha value is -1.94. The number of rotatable bonds is 3. The number of hydrogen-bond acceptors (Lipinski definition) is 2. The van der Waals surface area contributed by atoms with E-state index in [2.05, 4.69) is 0 Å². The monoisotopic (exact) mass is 282 g/mol. The molecule has 0 aliphatic rings. The Labute approximate surface area is 113 Å². The first-order valence-electron chi connectivity index (χ1n) is 5.35. The maximum absolute atomic E-state index is 13.9. The number of halogens is 3. The molecule has 0 spiro atoms. The summed E-state index contributed by atoms with van der Waals surface area (Å²) in [4.78, 5) is 10.8. The summed E-state index contributed by atoms with van der Waals surface area (Å²) >= 11 is 5.77. The molecule has 0 aliphatic heterocycles. The summed E-state index contributed by atoms with van der Waals surface area (Å²) in [5, 5.41) is 0.230. The third-order valence-electron chi connectivity index (χ3n) is 2.66. The largest absolute Gasteiger partial charge is 0.497 e. The zero-order valence-electron chi connectivity index (χ0n) is 9.91. The molecule has 0 unspecified atom stereocenters. The molecule has 0 aromatic heterocycles. The molecule has 2 nitrogen and oxygen atoms in total. The Kier molecular flexibility index (Phi) is 3.81. The van der Waals surface area contributed by atoms with E-state index in [0.29, 0.717) is 6.29 Å². The highest BCUT2D eigenvalue weighted by Crippen LogP contribution is 2.31. The van der Waals surface area contributed by atoms with Gasteiger partial charge in [0.1, 0.15) is 17.4 Å². The van der Waals surface area contributed by atoms with Crippen molar-refractivity contribution in [2.24, 2.45) is 0 Å². The van der Waals surface area contributed by atoms with E-state index in [1.165, 1.54) is 25.3 Å². The van der Waals surface area contributed by atoms with Crippen molar-refractivity contribution in [3.05, 3.63) is 52.6 Å². The van der Waals surface area contributed by atoms with E-state index in [0.717, 1.165) is 12.1 Å². The normalized spacial score (nSPS) is 10.3. The zero-order valence-corrected chi connectivity index (χ0v) is 10.7. The van der Waals surface area contributed by atoms with Gasteiger partial charge in [0.2, 0.25) is 0 Å². The van der Waals surface area contributed by atoms with Gasteiger partial charge in [-0.3, -0.25) is 4.79 Å². The van der Waals surface area contributed by atoms with Gasteiger partial charge in [0.05, 0.1) is 17.7 Å². The SMILES string of the molecule is COc1cc(F)c(-c2ccc(Cl)c(C=O)c2)c(F)c1. The minimum atomic E-state index is -0.768. The second-order valence-corrected chi connectivity index (χ2v) is 4.23. The van der Waals surface area contributed by atoms with Crippen LogP contribution in [0.5, 0.6) is 5.75 Å². The summed E-state index contributed by atoms with van der Waals surface area (Å²) < 4.78 is 32.5. The maximum Gasteiger partial charge on any atom is 0.151 e. The van der Waals surface area contributed by atoms with Crippen LogP contribution >= 0.6 is 11.6 Å². The molecule has 0 atom stereocenters. The Morgan fingerprint density at radius 2 is 1.79 bits per heavy atom. The van der Waals surface area contributed by atoms with Crippen molar-refractivity contribution in [1.82, 2.24) is 0 Å². The van der Waals surface area contributed by atoms with Crippen LogP contribution in [-0.2, 0) is 0 Å². The van der Waals surface area contributed by atoms with Gasteiger partial charge in [0.15, 0.2) is 6.29 Å². The molecule has 0 fully saturated rings. The fraction of sp³-hybridized carbons (Fsp3) is 0.0714. The van der Waals surface area contributed by atoms with Crippen molar-refractivity contribution in [3.63, 3.8) is 0 Å². The van der Waals surface area contributed by atoms with Gasteiger partial charge >= 0.3 is 0 Å². The van der Waals surface area contributed by atoms with Crippen LogP contribution in [0.4, 0.5) is 8.78 Å². The van der Waals surface area contributed by atoms with Gasteiger partial charge in [-0.05, 0) is 17.7 Å². The third-order valence-corrected chi connectivity index (χ3v) is 3.01. The number of benzene rings is 2. The van der Waals surface area contributed by atoms with Gasteiger partial charge in [-0.25, -0.2) is 8.78 Å². The molecule has 0 saturated carbocycles. The van der Waals surface area contributed by atoms with Crippen molar-refractivity contribution in [2.75, 3.05) is 7.11 Å². The van der Waals surface area contributed by atoms with E-state index in [9.17, 15) is 13.6 Å². The molecule has 19 heavy (non-hydrogen) atoms. The first-order chi connectivity index (χ1) is 9.06. The molecule has 5 heteroatoms. The summed E-state index contributed by atoms with van der Waals surface area (Å²) in [5.41, 5.74) is 0.193. The van der Waals surface area contributed by atoms with Crippen LogP contribution in [0.15, 0.2) is 30.3 Å². The van der Waals surface area contributed by atoms with Crippen LogP contribution < -0.4 is 4.74 Å². The number of methoxy groups -OCH3 is 1. The molecule has 0 heterocycles. The van der Waals surface area contributed by atoms with Crippen molar-refractivity contribution >= 4 is 17.9 Å². The molecule has 2 rings (SSSR count). The van der Waals surface area contributed by atoms with Crippen LogP contribution in [0.25, 0.3) is 11.1 Å².